The molecule has 0 spiro atoms. The molecule has 1 aromatic carbocycles. The number of rotatable bonds is 7. The summed E-state index contributed by atoms with van der Waals surface area (Å²) in [7, 11) is 3.07. The predicted molar refractivity (Wildman–Crippen MR) is 114 cm³/mol. The molecule has 158 valence electrons. The quantitative estimate of drug-likeness (QED) is 0.609. The Morgan fingerprint density at radius 2 is 2.03 bits per heavy atom. The van der Waals surface area contributed by atoms with Crippen LogP contribution in [0.25, 0.3) is 5.69 Å². The Labute approximate surface area is 175 Å². The summed E-state index contributed by atoms with van der Waals surface area (Å²) in [5.41, 5.74) is 1.15. The van der Waals surface area contributed by atoms with Gasteiger partial charge in [-0.3, -0.25) is 4.79 Å². The first-order valence-corrected chi connectivity index (χ1v) is 9.69. The van der Waals surface area contributed by atoms with Gasteiger partial charge in [0.1, 0.15) is 28.9 Å². The molecular weight excluding hydrogens is 385 g/mol. The van der Waals surface area contributed by atoms with Crippen molar-refractivity contribution in [3.05, 3.63) is 59.7 Å². The molecule has 2 heterocycles. The van der Waals surface area contributed by atoms with Gasteiger partial charge in [-0.15, -0.1) is 0 Å². The van der Waals surface area contributed by atoms with E-state index in [0.29, 0.717) is 22.9 Å². The highest BCUT2D eigenvalue weighted by Crippen LogP contribution is 2.32. The van der Waals surface area contributed by atoms with Crippen molar-refractivity contribution in [1.29, 1.82) is 0 Å². The maximum atomic E-state index is 14.7. The Morgan fingerprint density at radius 3 is 2.70 bits per heavy atom. The highest BCUT2D eigenvalue weighted by molar-refractivity contribution is 5.99. The Morgan fingerprint density at radius 1 is 1.27 bits per heavy atom. The summed E-state index contributed by atoms with van der Waals surface area (Å²) in [6.07, 6.45) is 2.43. The number of halogens is 1. The predicted octanol–water partition coefficient (Wildman–Crippen LogP) is 4.21. The zero-order valence-corrected chi connectivity index (χ0v) is 17.8. The number of hydrogen-bond donors (Lipinski definition) is 2. The average molecular weight is 411 g/mol. The topological polar surface area (TPSA) is 81.1 Å². The van der Waals surface area contributed by atoms with Crippen LogP contribution in [0.1, 0.15) is 43.2 Å². The third kappa shape index (κ3) is 4.12. The highest BCUT2D eigenvalue weighted by atomic mass is 19.1. The fourth-order valence-electron chi connectivity index (χ4n) is 2.89. The number of ether oxygens (including phenoxy) is 1. The van der Waals surface area contributed by atoms with Crippen LogP contribution in [0.2, 0.25) is 0 Å². The molecule has 0 fully saturated rings. The second-order valence-corrected chi connectivity index (χ2v) is 7.49. The standard InChI is InChI=1S/C22H26FN5O2/c1-6-22(2,3)18-13-19(26-20-15(21(29)24-4)8-7-11-25-20)28(27-18)17-12-14(30-5)9-10-16(17)23/h7-13H,6H2,1-5H3,(H,24,29)(H,25,26). The van der Waals surface area contributed by atoms with Gasteiger partial charge in [-0.1, -0.05) is 20.8 Å². The third-order valence-electron chi connectivity index (χ3n) is 5.19. The summed E-state index contributed by atoms with van der Waals surface area (Å²) in [6, 6.07) is 9.66. The van der Waals surface area contributed by atoms with Crippen LogP contribution >= 0.6 is 0 Å². The number of aromatic nitrogens is 3. The van der Waals surface area contributed by atoms with Crippen molar-refractivity contribution in [2.45, 2.75) is 32.6 Å². The van der Waals surface area contributed by atoms with Crippen LogP contribution in [0.3, 0.4) is 0 Å². The van der Waals surface area contributed by atoms with E-state index in [0.717, 1.165) is 12.1 Å². The molecule has 0 saturated heterocycles. The maximum absolute atomic E-state index is 14.7. The lowest BCUT2D eigenvalue weighted by atomic mass is 9.87. The van der Waals surface area contributed by atoms with Crippen molar-refractivity contribution in [2.24, 2.45) is 0 Å². The van der Waals surface area contributed by atoms with Gasteiger partial charge in [0, 0.05) is 30.8 Å². The summed E-state index contributed by atoms with van der Waals surface area (Å²) in [5.74, 6) is 0.617. The van der Waals surface area contributed by atoms with E-state index >= 15 is 0 Å². The summed E-state index contributed by atoms with van der Waals surface area (Å²) in [5, 5.41) is 10.4. The van der Waals surface area contributed by atoms with Crippen LogP contribution in [0.15, 0.2) is 42.6 Å². The number of pyridine rings is 1. The molecule has 0 unspecified atom stereocenters. The molecule has 0 bridgehead atoms. The summed E-state index contributed by atoms with van der Waals surface area (Å²) >= 11 is 0. The van der Waals surface area contributed by atoms with Crippen molar-refractivity contribution >= 4 is 17.5 Å². The number of amides is 1. The van der Waals surface area contributed by atoms with Crippen LogP contribution in [0.5, 0.6) is 5.75 Å². The molecular formula is C22H26FN5O2. The minimum Gasteiger partial charge on any atom is -0.497 e. The zero-order valence-electron chi connectivity index (χ0n) is 17.8. The van der Waals surface area contributed by atoms with Gasteiger partial charge in [0.2, 0.25) is 0 Å². The first-order valence-electron chi connectivity index (χ1n) is 9.69. The molecule has 30 heavy (non-hydrogen) atoms. The van der Waals surface area contributed by atoms with E-state index in [9.17, 15) is 9.18 Å². The first-order chi connectivity index (χ1) is 14.3. The molecule has 3 aromatic rings. The molecule has 3 rings (SSSR count). The molecule has 8 heteroatoms. The molecule has 2 aromatic heterocycles. The van der Waals surface area contributed by atoms with Crippen molar-refractivity contribution in [1.82, 2.24) is 20.1 Å². The maximum Gasteiger partial charge on any atom is 0.254 e. The molecule has 0 aliphatic carbocycles. The van der Waals surface area contributed by atoms with Crippen LogP contribution in [-0.2, 0) is 5.41 Å². The monoisotopic (exact) mass is 411 g/mol. The lowest BCUT2D eigenvalue weighted by Gasteiger charge is -2.19. The summed E-state index contributed by atoms with van der Waals surface area (Å²) < 4.78 is 21.5. The van der Waals surface area contributed by atoms with E-state index in [-0.39, 0.29) is 17.0 Å². The van der Waals surface area contributed by atoms with Gasteiger partial charge < -0.3 is 15.4 Å². The molecule has 2 N–H and O–H groups in total. The first kappa shape index (κ1) is 21.3. The van der Waals surface area contributed by atoms with E-state index in [1.807, 2.05) is 6.07 Å². The largest absolute Gasteiger partial charge is 0.497 e. The van der Waals surface area contributed by atoms with Gasteiger partial charge in [-0.2, -0.15) is 5.10 Å². The van der Waals surface area contributed by atoms with Gasteiger partial charge in [0.05, 0.1) is 18.4 Å². The third-order valence-corrected chi connectivity index (χ3v) is 5.19. The number of carbonyl (C=O) groups excluding carboxylic acids is 1. The van der Waals surface area contributed by atoms with Gasteiger partial charge in [-0.05, 0) is 30.7 Å². The van der Waals surface area contributed by atoms with E-state index in [2.05, 4.69) is 41.5 Å². The van der Waals surface area contributed by atoms with E-state index in [1.54, 1.807) is 37.5 Å². The average Bonchev–Trinajstić information content (AvgIpc) is 3.18. The molecule has 1 amide bonds. The number of anilines is 2. The van der Waals surface area contributed by atoms with E-state index in [1.165, 1.54) is 17.9 Å². The normalized spacial score (nSPS) is 11.3. The van der Waals surface area contributed by atoms with E-state index < -0.39 is 5.82 Å². The van der Waals surface area contributed by atoms with Crippen molar-refractivity contribution in [2.75, 3.05) is 19.5 Å². The molecule has 0 saturated carbocycles. The van der Waals surface area contributed by atoms with Crippen molar-refractivity contribution in [3.63, 3.8) is 0 Å². The van der Waals surface area contributed by atoms with Gasteiger partial charge >= 0.3 is 0 Å². The van der Waals surface area contributed by atoms with Crippen molar-refractivity contribution < 1.29 is 13.9 Å². The Kier molecular flexibility index (Phi) is 6.05. The van der Waals surface area contributed by atoms with E-state index in [4.69, 9.17) is 4.74 Å². The van der Waals surface area contributed by atoms with Gasteiger partial charge in [0.25, 0.3) is 5.91 Å². The van der Waals surface area contributed by atoms with Crippen LogP contribution in [-0.4, -0.2) is 34.8 Å². The number of hydrogen-bond acceptors (Lipinski definition) is 5. The smallest absolute Gasteiger partial charge is 0.254 e. The molecule has 7 nitrogen and oxygen atoms in total. The fourth-order valence-corrected chi connectivity index (χ4v) is 2.89. The highest BCUT2D eigenvalue weighted by Gasteiger charge is 2.25. The molecule has 0 radical (unpaired) electrons. The van der Waals surface area contributed by atoms with Crippen LogP contribution in [0, 0.1) is 5.82 Å². The fraction of sp³-hybridized carbons (Fsp3) is 0.318. The lowest BCUT2D eigenvalue weighted by molar-refractivity contribution is 0.0963. The number of nitrogens with zero attached hydrogens (tertiary/aromatic N) is 3. The summed E-state index contributed by atoms with van der Waals surface area (Å²) in [4.78, 5) is 16.5. The summed E-state index contributed by atoms with van der Waals surface area (Å²) in [6.45, 7) is 6.21. The molecule has 0 atom stereocenters. The second-order valence-electron chi connectivity index (χ2n) is 7.49. The van der Waals surface area contributed by atoms with Gasteiger partial charge in [0.15, 0.2) is 0 Å². The minimum absolute atomic E-state index is 0.229. The minimum atomic E-state index is -0.449. The number of methoxy groups -OCH3 is 1. The number of carbonyl (C=O) groups is 1. The van der Waals surface area contributed by atoms with Crippen LogP contribution < -0.4 is 15.4 Å². The Hall–Kier alpha value is -3.42. The zero-order chi connectivity index (χ0) is 21.9. The second kappa shape index (κ2) is 8.52. The number of benzene rings is 1. The lowest BCUT2D eigenvalue weighted by Crippen LogP contribution is -2.20. The van der Waals surface area contributed by atoms with Crippen molar-refractivity contribution in [3.8, 4) is 11.4 Å². The Balaban J connectivity index is 2.17. The Bertz CT molecular complexity index is 1060. The van der Waals surface area contributed by atoms with Gasteiger partial charge in [-0.25, -0.2) is 14.1 Å². The number of nitrogens with one attached hydrogen (secondary N) is 2. The SMILES string of the molecule is CCC(C)(C)c1cc(Nc2ncccc2C(=O)NC)n(-c2cc(OC)ccc2F)n1. The molecule has 0 aliphatic heterocycles. The molecule has 0 aliphatic rings. The van der Waals surface area contributed by atoms with Crippen LogP contribution in [0.4, 0.5) is 16.0 Å².